The summed E-state index contributed by atoms with van der Waals surface area (Å²) >= 11 is 0. The second-order valence-electron chi connectivity index (χ2n) is 5.65. The SMILES string of the molecule is Cc1ccc(C2NC(C)C(=O)N2CCOC(C)C)cc1. The summed E-state index contributed by atoms with van der Waals surface area (Å²) < 4.78 is 5.57. The van der Waals surface area contributed by atoms with Gasteiger partial charge < -0.3 is 9.64 Å². The Bertz CT molecular complexity index is 456. The van der Waals surface area contributed by atoms with Crippen LogP contribution in [0.4, 0.5) is 0 Å². The molecule has 4 nitrogen and oxygen atoms in total. The molecule has 1 amide bonds. The number of hydrogen-bond donors (Lipinski definition) is 1. The minimum atomic E-state index is -0.139. The van der Waals surface area contributed by atoms with E-state index in [0.29, 0.717) is 13.2 Å². The molecular weight excluding hydrogens is 252 g/mol. The van der Waals surface area contributed by atoms with Crippen molar-refractivity contribution < 1.29 is 9.53 Å². The Morgan fingerprint density at radius 1 is 1.30 bits per heavy atom. The second-order valence-corrected chi connectivity index (χ2v) is 5.65. The van der Waals surface area contributed by atoms with Crippen molar-refractivity contribution >= 4 is 5.91 Å². The van der Waals surface area contributed by atoms with E-state index in [2.05, 4.69) is 36.5 Å². The van der Waals surface area contributed by atoms with Gasteiger partial charge in [0.15, 0.2) is 0 Å². The van der Waals surface area contributed by atoms with Gasteiger partial charge in [-0.2, -0.15) is 0 Å². The average Bonchev–Trinajstić information content (AvgIpc) is 2.67. The van der Waals surface area contributed by atoms with Crippen molar-refractivity contribution in [1.29, 1.82) is 0 Å². The van der Waals surface area contributed by atoms with E-state index in [1.54, 1.807) is 0 Å². The largest absolute Gasteiger partial charge is 0.377 e. The second kappa shape index (κ2) is 6.37. The van der Waals surface area contributed by atoms with Crippen LogP contribution in [0.25, 0.3) is 0 Å². The molecular formula is C16H24N2O2. The number of aryl methyl sites for hydroxylation is 1. The third-order valence-corrected chi connectivity index (χ3v) is 3.55. The predicted molar refractivity (Wildman–Crippen MR) is 79.3 cm³/mol. The number of ether oxygens (including phenoxy) is 1. The first-order chi connectivity index (χ1) is 9.49. The molecule has 0 aromatic heterocycles. The van der Waals surface area contributed by atoms with Crippen LogP contribution in [0.1, 0.15) is 38.1 Å². The molecule has 1 aromatic rings. The van der Waals surface area contributed by atoms with Crippen LogP contribution in [0.5, 0.6) is 0 Å². The van der Waals surface area contributed by atoms with E-state index in [0.717, 1.165) is 5.56 Å². The molecule has 110 valence electrons. The first kappa shape index (κ1) is 15.0. The van der Waals surface area contributed by atoms with Gasteiger partial charge in [-0.15, -0.1) is 0 Å². The Kier molecular flexibility index (Phi) is 4.78. The van der Waals surface area contributed by atoms with E-state index < -0.39 is 0 Å². The number of hydrogen-bond acceptors (Lipinski definition) is 3. The summed E-state index contributed by atoms with van der Waals surface area (Å²) in [5, 5.41) is 3.35. The first-order valence-electron chi connectivity index (χ1n) is 7.23. The topological polar surface area (TPSA) is 41.6 Å². The van der Waals surface area contributed by atoms with E-state index in [1.165, 1.54) is 5.56 Å². The summed E-state index contributed by atoms with van der Waals surface area (Å²) in [7, 11) is 0. The van der Waals surface area contributed by atoms with Crippen LogP contribution in [0.15, 0.2) is 24.3 Å². The van der Waals surface area contributed by atoms with Crippen LogP contribution in [0.2, 0.25) is 0 Å². The van der Waals surface area contributed by atoms with Crippen LogP contribution in [0, 0.1) is 6.92 Å². The molecule has 1 aromatic carbocycles. The molecule has 2 atom stereocenters. The van der Waals surface area contributed by atoms with Gasteiger partial charge in [0, 0.05) is 6.54 Å². The predicted octanol–water partition coefficient (Wildman–Crippen LogP) is 2.24. The number of benzene rings is 1. The summed E-state index contributed by atoms with van der Waals surface area (Å²) in [4.78, 5) is 14.1. The molecule has 0 radical (unpaired) electrons. The number of carbonyl (C=O) groups is 1. The summed E-state index contributed by atoms with van der Waals surface area (Å²) in [6, 6.07) is 8.17. The molecule has 1 aliphatic heterocycles. The Morgan fingerprint density at radius 2 is 1.95 bits per heavy atom. The normalized spacial score (nSPS) is 22.9. The van der Waals surface area contributed by atoms with Gasteiger partial charge in [0.05, 0.1) is 18.8 Å². The maximum Gasteiger partial charge on any atom is 0.241 e. The standard InChI is InChI=1S/C16H24N2O2/c1-11(2)20-10-9-18-15(17-13(4)16(18)19)14-7-5-12(3)6-8-14/h5-8,11,13,15,17H,9-10H2,1-4H3. The minimum absolute atomic E-state index is 0.0473. The molecule has 0 saturated carbocycles. The quantitative estimate of drug-likeness (QED) is 0.896. The zero-order valence-corrected chi connectivity index (χ0v) is 12.7. The van der Waals surface area contributed by atoms with Gasteiger partial charge in [-0.1, -0.05) is 29.8 Å². The Morgan fingerprint density at radius 3 is 2.55 bits per heavy atom. The van der Waals surface area contributed by atoms with Gasteiger partial charge in [-0.3, -0.25) is 10.1 Å². The summed E-state index contributed by atoms with van der Waals surface area (Å²) in [5.41, 5.74) is 2.35. The number of rotatable bonds is 5. The van der Waals surface area contributed by atoms with Crippen molar-refractivity contribution in [1.82, 2.24) is 10.2 Å². The molecule has 0 spiro atoms. The summed E-state index contributed by atoms with van der Waals surface area (Å²) in [6.07, 6.45) is 0.143. The molecule has 0 bridgehead atoms. The fourth-order valence-corrected chi connectivity index (χ4v) is 2.43. The monoisotopic (exact) mass is 276 g/mol. The van der Waals surface area contributed by atoms with Gasteiger partial charge in [0.25, 0.3) is 0 Å². The number of carbonyl (C=O) groups excluding carboxylic acids is 1. The highest BCUT2D eigenvalue weighted by Crippen LogP contribution is 2.25. The molecule has 2 rings (SSSR count). The van der Waals surface area contributed by atoms with Crippen LogP contribution >= 0.6 is 0 Å². The van der Waals surface area contributed by atoms with Crippen molar-refractivity contribution in [3.63, 3.8) is 0 Å². The lowest BCUT2D eigenvalue weighted by molar-refractivity contribution is -0.130. The molecule has 1 fully saturated rings. The number of amides is 1. The highest BCUT2D eigenvalue weighted by Gasteiger charge is 2.36. The third-order valence-electron chi connectivity index (χ3n) is 3.55. The van der Waals surface area contributed by atoms with Gasteiger partial charge in [-0.25, -0.2) is 0 Å². The van der Waals surface area contributed by atoms with Crippen molar-refractivity contribution in [3.05, 3.63) is 35.4 Å². The highest BCUT2D eigenvalue weighted by molar-refractivity contribution is 5.84. The maximum atomic E-state index is 12.2. The summed E-state index contributed by atoms with van der Waals surface area (Å²) in [5.74, 6) is 0.142. The maximum absolute atomic E-state index is 12.2. The zero-order chi connectivity index (χ0) is 14.7. The van der Waals surface area contributed by atoms with Gasteiger partial charge in [-0.05, 0) is 33.3 Å². The fraction of sp³-hybridized carbons (Fsp3) is 0.562. The molecule has 1 aliphatic rings. The van der Waals surface area contributed by atoms with Crippen LogP contribution < -0.4 is 5.32 Å². The molecule has 1 saturated heterocycles. The van der Waals surface area contributed by atoms with E-state index in [4.69, 9.17) is 4.74 Å². The van der Waals surface area contributed by atoms with E-state index in [9.17, 15) is 4.79 Å². The van der Waals surface area contributed by atoms with Crippen molar-refractivity contribution in [2.24, 2.45) is 0 Å². The lowest BCUT2D eigenvalue weighted by Crippen LogP contribution is -2.34. The van der Waals surface area contributed by atoms with E-state index in [-0.39, 0.29) is 24.2 Å². The first-order valence-corrected chi connectivity index (χ1v) is 7.23. The molecule has 0 aliphatic carbocycles. The third kappa shape index (κ3) is 3.38. The minimum Gasteiger partial charge on any atom is -0.377 e. The molecule has 20 heavy (non-hydrogen) atoms. The van der Waals surface area contributed by atoms with Crippen molar-refractivity contribution in [2.45, 2.75) is 46.0 Å². The zero-order valence-electron chi connectivity index (χ0n) is 12.7. The van der Waals surface area contributed by atoms with Gasteiger partial charge in [0.1, 0.15) is 6.17 Å². The van der Waals surface area contributed by atoms with Gasteiger partial charge >= 0.3 is 0 Å². The molecule has 2 unspecified atom stereocenters. The highest BCUT2D eigenvalue weighted by atomic mass is 16.5. The number of nitrogens with one attached hydrogen (secondary N) is 1. The van der Waals surface area contributed by atoms with Crippen LogP contribution in [-0.4, -0.2) is 36.1 Å². The lowest BCUT2D eigenvalue weighted by atomic mass is 10.1. The fourth-order valence-electron chi connectivity index (χ4n) is 2.43. The van der Waals surface area contributed by atoms with Gasteiger partial charge in [0.2, 0.25) is 5.91 Å². The molecule has 4 heteroatoms. The Hall–Kier alpha value is -1.39. The molecule has 1 heterocycles. The molecule has 1 N–H and O–H groups in total. The smallest absolute Gasteiger partial charge is 0.241 e. The number of nitrogens with zero attached hydrogens (tertiary/aromatic N) is 1. The average molecular weight is 276 g/mol. The summed E-state index contributed by atoms with van der Waals surface area (Å²) in [6.45, 7) is 9.17. The van der Waals surface area contributed by atoms with E-state index >= 15 is 0 Å². The Labute approximate surface area is 121 Å². The van der Waals surface area contributed by atoms with Crippen LogP contribution in [-0.2, 0) is 9.53 Å². The van der Waals surface area contributed by atoms with Crippen molar-refractivity contribution in [3.8, 4) is 0 Å². The van der Waals surface area contributed by atoms with Crippen molar-refractivity contribution in [2.75, 3.05) is 13.2 Å². The van der Waals surface area contributed by atoms with Crippen LogP contribution in [0.3, 0.4) is 0 Å². The van der Waals surface area contributed by atoms with E-state index in [1.807, 2.05) is 25.7 Å². The Balaban J connectivity index is 2.09. The lowest BCUT2D eigenvalue weighted by Gasteiger charge is -2.25.